The van der Waals surface area contributed by atoms with Gasteiger partial charge in [-0.25, -0.2) is 0 Å². The summed E-state index contributed by atoms with van der Waals surface area (Å²) < 4.78 is 1.01. The molecule has 0 amide bonds. The van der Waals surface area contributed by atoms with E-state index in [9.17, 15) is 0 Å². The fourth-order valence-electron chi connectivity index (χ4n) is 1.97. The second kappa shape index (κ2) is 6.01. The first kappa shape index (κ1) is 13.1. The smallest absolute Gasteiger partial charge is 0.0595 e. The maximum Gasteiger partial charge on any atom is 0.0595 e. The highest BCUT2D eigenvalue weighted by molar-refractivity contribution is 9.10. The van der Waals surface area contributed by atoms with E-state index in [0.29, 0.717) is 0 Å². The zero-order chi connectivity index (χ0) is 13.0. The van der Waals surface area contributed by atoms with E-state index >= 15 is 0 Å². The highest BCUT2D eigenvalue weighted by Crippen LogP contribution is 2.21. The Hall–Kier alpha value is -1.35. The Balaban J connectivity index is 2.12. The summed E-state index contributed by atoms with van der Waals surface area (Å²) in [6, 6.07) is 10.5. The molecule has 18 heavy (non-hydrogen) atoms. The van der Waals surface area contributed by atoms with Gasteiger partial charge in [0.1, 0.15) is 0 Å². The van der Waals surface area contributed by atoms with Crippen molar-refractivity contribution >= 4 is 21.6 Å². The van der Waals surface area contributed by atoms with E-state index in [1.165, 1.54) is 16.8 Å². The molecule has 2 aromatic rings. The van der Waals surface area contributed by atoms with Crippen LogP contribution in [0.3, 0.4) is 0 Å². The Labute approximate surface area is 117 Å². The molecule has 0 spiro atoms. The second-order valence-corrected chi connectivity index (χ2v) is 5.20. The molecule has 0 radical (unpaired) electrons. The van der Waals surface area contributed by atoms with Crippen LogP contribution in [0.25, 0.3) is 0 Å². The summed E-state index contributed by atoms with van der Waals surface area (Å²) in [5, 5.41) is 3.49. The van der Waals surface area contributed by atoms with Gasteiger partial charge in [-0.15, -0.1) is 0 Å². The number of hydrogen-bond acceptors (Lipinski definition) is 2. The summed E-state index contributed by atoms with van der Waals surface area (Å²) in [7, 11) is 0. The number of benzene rings is 1. The average molecular weight is 305 g/mol. The van der Waals surface area contributed by atoms with Crippen LogP contribution in [-0.4, -0.2) is 4.98 Å². The zero-order valence-electron chi connectivity index (χ0n) is 10.7. The number of halogens is 1. The van der Waals surface area contributed by atoms with E-state index in [1.807, 2.05) is 18.3 Å². The number of aromatic nitrogens is 1. The van der Waals surface area contributed by atoms with Gasteiger partial charge in [0, 0.05) is 16.4 Å². The Morgan fingerprint density at radius 1 is 1.22 bits per heavy atom. The molecule has 0 saturated heterocycles. The van der Waals surface area contributed by atoms with E-state index in [2.05, 4.69) is 58.3 Å². The van der Waals surface area contributed by atoms with Crippen LogP contribution in [-0.2, 0) is 13.0 Å². The number of nitrogens with one attached hydrogen (secondary N) is 1. The first-order chi connectivity index (χ1) is 8.70. The van der Waals surface area contributed by atoms with Crippen molar-refractivity contribution in [2.75, 3.05) is 5.32 Å². The normalized spacial score (nSPS) is 10.4. The molecule has 0 bridgehead atoms. The molecule has 0 fully saturated rings. The number of rotatable bonds is 4. The highest BCUT2D eigenvalue weighted by Gasteiger charge is 2.03. The fraction of sp³-hybridized carbons (Fsp3) is 0.267. The van der Waals surface area contributed by atoms with Crippen molar-refractivity contribution in [3.8, 4) is 0 Å². The topological polar surface area (TPSA) is 24.9 Å². The van der Waals surface area contributed by atoms with Crippen LogP contribution in [0.2, 0.25) is 0 Å². The Bertz CT molecular complexity index is 521. The van der Waals surface area contributed by atoms with Gasteiger partial charge in [-0.3, -0.25) is 4.98 Å². The van der Waals surface area contributed by atoms with Gasteiger partial charge in [0.15, 0.2) is 0 Å². The lowest BCUT2D eigenvalue weighted by Crippen LogP contribution is -2.05. The Kier molecular flexibility index (Phi) is 4.37. The van der Waals surface area contributed by atoms with Crippen LogP contribution in [0.15, 0.2) is 41.0 Å². The first-order valence-electron chi connectivity index (χ1n) is 6.13. The van der Waals surface area contributed by atoms with E-state index < -0.39 is 0 Å². The van der Waals surface area contributed by atoms with Crippen LogP contribution >= 0.6 is 15.9 Å². The van der Waals surface area contributed by atoms with E-state index in [-0.39, 0.29) is 0 Å². The van der Waals surface area contributed by atoms with Gasteiger partial charge in [0.25, 0.3) is 0 Å². The van der Waals surface area contributed by atoms with Gasteiger partial charge in [0.05, 0.1) is 12.2 Å². The van der Waals surface area contributed by atoms with Gasteiger partial charge in [-0.2, -0.15) is 0 Å². The zero-order valence-corrected chi connectivity index (χ0v) is 12.3. The monoisotopic (exact) mass is 304 g/mol. The van der Waals surface area contributed by atoms with Crippen LogP contribution in [0.4, 0.5) is 5.69 Å². The summed E-state index contributed by atoms with van der Waals surface area (Å²) in [6.07, 6.45) is 2.87. The molecule has 0 atom stereocenters. The van der Waals surface area contributed by atoms with E-state index in [1.54, 1.807) is 0 Å². The molecular weight excluding hydrogens is 288 g/mol. The van der Waals surface area contributed by atoms with Crippen LogP contribution in [0.1, 0.15) is 23.7 Å². The molecular formula is C15H17BrN2. The van der Waals surface area contributed by atoms with Crippen molar-refractivity contribution in [1.82, 2.24) is 4.98 Å². The molecule has 1 N–H and O–H groups in total. The van der Waals surface area contributed by atoms with Gasteiger partial charge in [0.2, 0.25) is 0 Å². The van der Waals surface area contributed by atoms with E-state index in [0.717, 1.165) is 23.1 Å². The lowest BCUT2D eigenvalue weighted by Gasteiger charge is -2.13. The third-order valence-electron chi connectivity index (χ3n) is 2.97. The minimum absolute atomic E-state index is 0.755. The summed E-state index contributed by atoms with van der Waals surface area (Å²) in [5.41, 5.74) is 4.92. The number of pyridine rings is 1. The third-order valence-corrected chi connectivity index (χ3v) is 3.44. The molecule has 0 aliphatic heterocycles. The summed E-state index contributed by atoms with van der Waals surface area (Å²) >= 11 is 3.39. The SMILES string of the molecule is CCc1cccc(C)c1NCc1ccc(Br)cn1. The van der Waals surface area contributed by atoms with Gasteiger partial charge >= 0.3 is 0 Å². The van der Waals surface area contributed by atoms with Gasteiger partial charge < -0.3 is 5.32 Å². The molecule has 1 aromatic carbocycles. The van der Waals surface area contributed by atoms with Crippen molar-refractivity contribution in [1.29, 1.82) is 0 Å². The number of nitrogens with zero attached hydrogens (tertiary/aromatic N) is 1. The predicted octanol–water partition coefficient (Wildman–Crippen LogP) is 4.33. The highest BCUT2D eigenvalue weighted by atomic mass is 79.9. The van der Waals surface area contributed by atoms with Gasteiger partial charge in [-0.1, -0.05) is 25.1 Å². The molecule has 2 rings (SSSR count). The number of aryl methyl sites for hydroxylation is 2. The standard InChI is InChI=1S/C15H17BrN2/c1-3-12-6-4-5-11(2)15(12)18-10-14-8-7-13(16)9-17-14/h4-9,18H,3,10H2,1-2H3. The molecule has 0 aliphatic carbocycles. The number of anilines is 1. The lowest BCUT2D eigenvalue weighted by molar-refractivity contribution is 1.02. The summed E-state index contributed by atoms with van der Waals surface area (Å²) in [5.74, 6) is 0. The summed E-state index contributed by atoms with van der Waals surface area (Å²) in [4.78, 5) is 4.37. The molecule has 94 valence electrons. The maximum absolute atomic E-state index is 4.37. The van der Waals surface area contributed by atoms with Crippen LogP contribution in [0.5, 0.6) is 0 Å². The molecule has 3 heteroatoms. The van der Waals surface area contributed by atoms with Crippen LogP contribution in [0, 0.1) is 6.92 Å². The van der Waals surface area contributed by atoms with Crippen molar-refractivity contribution in [2.24, 2.45) is 0 Å². The minimum Gasteiger partial charge on any atom is -0.379 e. The first-order valence-corrected chi connectivity index (χ1v) is 6.92. The molecule has 1 heterocycles. The molecule has 0 unspecified atom stereocenters. The molecule has 0 aliphatic rings. The van der Waals surface area contributed by atoms with Crippen LogP contribution < -0.4 is 5.32 Å². The fourth-order valence-corrected chi connectivity index (χ4v) is 2.20. The largest absolute Gasteiger partial charge is 0.379 e. The average Bonchev–Trinajstić information content (AvgIpc) is 2.39. The summed E-state index contributed by atoms with van der Waals surface area (Å²) in [6.45, 7) is 5.07. The predicted molar refractivity (Wildman–Crippen MR) is 79.8 cm³/mol. The minimum atomic E-state index is 0.755. The number of hydrogen-bond donors (Lipinski definition) is 1. The van der Waals surface area contributed by atoms with Crippen molar-refractivity contribution in [2.45, 2.75) is 26.8 Å². The molecule has 1 aromatic heterocycles. The maximum atomic E-state index is 4.37. The molecule has 0 saturated carbocycles. The quantitative estimate of drug-likeness (QED) is 0.909. The van der Waals surface area contributed by atoms with Crippen molar-refractivity contribution in [3.05, 3.63) is 57.8 Å². The van der Waals surface area contributed by atoms with Crippen molar-refractivity contribution in [3.63, 3.8) is 0 Å². The van der Waals surface area contributed by atoms with Crippen molar-refractivity contribution < 1.29 is 0 Å². The third kappa shape index (κ3) is 3.10. The second-order valence-electron chi connectivity index (χ2n) is 4.28. The van der Waals surface area contributed by atoms with Gasteiger partial charge in [-0.05, 0) is 52.5 Å². The lowest BCUT2D eigenvalue weighted by atomic mass is 10.1. The Morgan fingerprint density at radius 2 is 2.06 bits per heavy atom. The number of para-hydroxylation sites is 1. The molecule has 2 nitrogen and oxygen atoms in total. The van der Waals surface area contributed by atoms with E-state index in [4.69, 9.17) is 0 Å². The Morgan fingerprint density at radius 3 is 2.72 bits per heavy atom.